The molecule has 2 rings (SSSR count). The van der Waals surface area contributed by atoms with Crippen LogP contribution in [0.3, 0.4) is 0 Å². The predicted molar refractivity (Wildman–Crippen MR) is 49.0 cm³/mol. The summed E-state index contributed by atoms with van der Waals surface area (Å²) >= 11 is 4.55. The van der Waals surface area contributed by atoms with Gasteiger partial charge in [0.25, 0.3) is 0 Å². The van der Waals surface area contributed by atoms with E-state index in [-0.39, 0.29) is 0 Å². The molecule has 0 saturated heterocycles. The number of nitrogens with zero attached hydrogens (tertiary/aromatic N) is 3. The molecule has 2 aromatic heterocycles. The lowest BCUT2D eigenvalue weighted by molar-refractivity contribution is 1.08. The smallest absolute Gasteiger partial charge is 0.215 e. The molecule has 0 atom stereocenters. The van der Waals surface area contributed by atoms with Crippen LogP contribution in [-0.4, -0.2) is 30.4 Å². The van der Waals surface area contributed by atoms with Crippen LogP contribution in [0, 0.1) is 4.77 Å². The van der Waals surface area contributed by atoms with Crippen LogP contribution in [0.25, 0.3) is 0 Å². The minimum Gasteiger partial charge on any atom is -0.368 e. The van der Waals surface area contributed by atoms with E-state index >= 15 is 0 Å². The van der Waals surface area contributed by atoms with Crippen molar-refractivity contribution < 1.29 is 0 Å². The molecule has 0 fully saturated rings. The number of nitrogens with one attached hydrogen (secondary N) is 3. The Hall–Kier alpha value is -1.90. The number of hydrogen-bond donors (Lipinski definition) is 5. The molecule has 0 aliphatic carbocycles. The maximum atomic E-state index is 5.11. The van der Waals surface area contributed by atoms with Crippen molar-refractivity contribution >= 4 is 24.1 Å². The summed E-state index contributed by atoms with van der Waals surface area (Å²) in [5.41, 5.74) is 10.2. The van der Waals surface area contributed by atoms with Crippen molar-refractivity contribution in [1.82, 2.24) is 30.4 Å². The molecule has 0 aromatic carbocycles. The number of aromatic nitrogens is 6. The van der Waals surface area contributed by atoms with Gasteiger partial charge in [0.2, 0.25) is 16.7 Å². The second-order valence-electron chi connectivity index (χ2n) is 1.92. The summed E-state index contributed by atoms with van der Waals surface area (Å²) in [5.74, 6) is 0.681. The van der Waals surface area contributed by atoms with E-state index in [4.69, 9.17) is 11.5 Å². The summed E-state index contributed by atoms with van der Waals surface area (Å²) in [6.07, 6.45) is 1.36. The number of rotatable bonds is 0. The Morgan fingerprint density at radius 1 is 1.23 bits per heavy atom. The van der Waals surface area contributed by atoms with Crippen LogP contribution in [0.15, 0.2) is 6.33 Å². The Labute approximate surface area is 77.8 Å². The van der Waals surface area contributed by atoms with Crippen molar-refractivity contribution in [3.8, 4) is 0 Å². The molecular formula is C4H8N8S. The van der Waals surface area contributed by atoms with Gasteiger partial charge in [-0.1, -0.05) is 0 Å². The van der Waals surface area contributed by atoms with E-state index < -0.39 is 0 Å². The van der Waals surface area contributed by atoms with Crippen molar-refractivity contribution in [3.05, 3.63) is 11.1 Å². The van der Waals surface area contributed by atoms with E-state index in [1.165, 1.54) is 6.33 Å². The third-order valence-electron chi connectivity index (χ3n) is 0.953. The quantitative estimate of drug-likeness (QED) is 0.361. The molecule has 9 heteroatoms. The van der Waals surface area contributed by atoms with Crippen molar-refractivity contribution in [3.63, 3.8) is 0 Å². The molecular weight excluding hydrogens is 192 g/mol. The van der Waals surface area contributed by atoms with Gasteiger partial charge in [0.1, 0.15) is 6.33 Å². The van der Waals surface area contributed by atoms with Gasteiger partial charge >= 0.3 is 0 Å². The Morgan fingerprint density at radius 2 is 2.00 bits per heavy atom. The molecule has 2 heterocycles. The Balaban J connectivity index is 0.000000132. The van der Waals surface area contributed by atoms with Crippen molar-refractivity contribution in [1.29, 1.82) is 0 Å². The van der Waals surface area contributed by atoms with Gasteiger partial charge in [-0.05, 0) is 12.2 Å². The first-order valence-electron chi connectivity index (χ1n) is 3.19. The van der Waals surface area contributed by atoms with E-state index in [0.717, 1.165) is 0 Å². The highest BCUT2D eigenvalue weighted by molar-refractivity contribution is 7.71. The van der Waals surface area contributed by atoms with Gasteiger partial charge in [0, 0.05) is 0 Å². The van der Waals surface area contributed by atoms with Gasteiger partial charge in [0.15, 0.2) is 0 Å². The fraction of sp³-hybridized carbons (Fsp3) is 0. The Kier molecular flexibility index (Phi) is 2.97. The number of H-pyrrole nitrogens is 3. The molecule has 0 bridgehead atoms. The molecule has 0 unspecified atom stereocenters. The fourth-order valence-corrected chi connectivity index (χ4v) is 0.647. The molecule has 0 aliphatic heterocycles. The average Bonchev–Trinajstić information content (AvgIpc) is 2.64. The number of nitrogens with two attached hydrogens (primary N) is 2. The van der Waals surface area contributed by atoms with Crippen molar-refractivity contribution in [2.75, 3.05) is 11.5 Å². The van der Waals surface area contributed by atoms with Crippen LogP contribution < -0.4 is 11.5 Å². The minimum absolute atomic E-state index is 0.324. The monoisotopic (exact) mass is 200 g/mol. The molecule has 0 amide bonds. The third-order valence-corrected chi connectivity index (χ3v) is 1.15. The molecule has 0 aliphatic rings. The summed E-state index contributed by atoms with van der Waals surface area (Å²) in [6.45, 7) is 0. The van der Waals surface area contributed by atoms with Crippen molar-refractivity contribution in [2.24, 2.45) is 0 Å². The molecule has 8 nitrogen and oxygen atoms in total. The van der Waals surface area contributed by atoms with Gasteiger partial charge in [-0.25, -0.2) is 10.1 Å². The van der Waals surface area contributed by atoms with Crippen LogP contribution in [-0.2, 0) is 0 Å². The number of nitrogen functional groups attached to an aromatic ring is 2. The molecule has 13 heavy (non-hydrogen) atoms. The standard InChI is InChI=1S/C2H4N4S.C2H4N4/c3-1-4-2(7)6-5-1;3-2-4-1-5-6-2/h(H4,3,4,5,6,7);1H,(H3,3,4,5,6). The maximum absolute atomic E-state index is 5.11. The van der Waals surface area contributed by atoms with E-state index in [2.05, 4.69) is 42.6 Å². The van der Waals surface area contributed by atoms with E-state index in [1.807, 2.05) is 0 Å². The van der Waals surface area contributed by atoms with Gasteiger partial charge in [0.05, 0.1) is 0 Å². The lowest BCUT2D eigenvalue weighted by Gasteiger charge is -1.69. The van der Waals surface area contributed by atoms with Gasteiger partial charge < -0.3 is 11.5 Å². The number of hydrogen-bond acceptors (Lipinski definition) is 6. The zero-order chi connectivity index (χ0) is 9.68. The second-order valence-corrected chi connectivity index (χ2v) is 2.31. The molecule has 0 saturated carbocycles. The van der Waals surface area contributed by atoms with Crippen LogP contribution in [0.4, 0.5) is 11.9 Å². The van der Waals surface area contributed by atoms with Gasteiger partial charge in [-0.3, -0.25) is 10.2 Å². The maximum Gasteiger partial charge on any atom is 0.215 e. The average molecular weight is 200 g/mol. The minimum atomic E-state index is 0.324. The lowest BCUT2D eigenvalue weighted by atomic mass is 11.1. The highest BCUT2D eigenvalue weighted by Crippen LogP contribution is 1.82. The second kappa shape index (κ2) is 4.21. The van der Waals surface area contributed by atoms with E-state index in [9.17, 15) is 0 Å². The van der Waals surface area contributed by atoms with Gasteiger partial charge in [-0.15, -0.1) is 0 Å². The van der Waals surface area contributed by atoms with E-state index in [0.29, 0.717) is 16.7 Å². The lowest BCUT2D eigenvalue weighted by Crippen LogP contribution is -1.84. The molecule has 0 radical (unpaired) electrons. The van der Waals surface area contributed by atoms with Crippen LogP contribution >= 0.6 is 12.2 Å². The fourth-order valence-electron chi connectivity index (χ4n) is 0.498. The highest BCUT2D eigenvalue weighted by Gasteiger charge is 1.80. The Morgan fingerprint density at radius 3 is 2.15 bits per heavy atom. The highest BCUT2D eigenvalue weighted by atomic mass is 32.1. The molecule has 7 N–H and O–H groups in total. The van der Waals surface area contributed by atoms with Crippen LogP contribution in [0.1, 0.15) is 0 Å². The summed E-state index contributed by atoms with van der Waals surface area (Å²) in [7, 11) is 0. The van der Waals surface area contributed by atoms with Crippen molar-refractivity contribution in [2.45, 2.75) is 0 Å². The summed E-state index contributed by atoms with van der Waals surface area (Å²) < 4.78 is 0.387. The first kappa shape index (κ1) is 9.19. The van der Waals surface area contributed by atoms with Crippen LogP contribution in [0.5, 0.6) is 0 Å². The molecule has 70 valence electrons. The van der Waals surface area contributed by atoms with Gasteiger partial charge in [-0.2, -0.15) is 10.1 Å². The normalized spacial score (nSPS) is 8.92. The summed E-state index contributed by atoms with van der Waals surface area (Å²) in [5, 5.41) is 10.9. The molecule has 2 aromatic rings. The first-order chi connectivity index (χ1) is 6.18. The first-order valence-corrected chi connectivity index (χ1v) is 3.60. The molecule has 0 spiro atoms. The third kappa shape index (κ3) is 3.33. The SMILES string of the molecule is Nc1nc(=S)[nH][nH]1.Nc1ncn[nH]1. The largest absolute Gasteiger partial charge is 0.368 e. The van der Waals surface area contributed by atoms with E-state index in [1.54, 1.807) is 0 Å². The zero-order valence-electron chi connectivity index (χ0n) is 6.48. The van der Waals surface area contributed by atoms with Crippen LogP contribution in [0.2, 0.25) is 0 Å². The topological polar surface area (TPSA) is 138 Å². The predicted octanol–water partition coefficient (Wildman–Crippen LogP) is -0.564. The summed E-state index contributed by atoms with van der Waals surface area (Å²) in [6, 6.07) is 0. The zero-order valence-corrected chi connectivity index (χ0v) is 7.30. The number of aromatic amines is 3. The number of anilines is 2. The Bertz CT molecular complexity index is 384. The summed E-state index contributed by atoms with van der Waals surface area (Å²) in [4.78, 5) is 7.12.